The van der Waals surface area contributed by atoms with E-state index in [1.165, 1.54) is 13.0 Å². The van der Waals surface area contributed by atoms with Gasteiger partial charge in [0.05, 0.1) is 0 Å². The van der Waals surface area contributed by atoms with Crippen LogP contribution in [0.25, 0.3) is 10.9 Å². The fourth-order valence-electron chi connectivity index (χ4n) is 2.55. The number of hydrogen-bond donors (Lipinski definition) is 2. The Morgan fingerprint density at radius 1 is 1.08 bits per heavy atom. The molecule has 6 nitrogen and oxygen atoms in total. The van der Waals surface area contributed by atoms with Crippen molar-refractivity contribution >= 4 is 28.5 Å². The van der Waals surface area contributed by atoms with Crippen molar-refractivity contribution in [3.05, 3.63) is 76.1 Å². The lowest BCUT2D eigenvalue weighted by atomic mass is 10.2. The summed E-state index contributed by atoms with van der Waals surface area (Å²) in [5, 5.41) is 3.17. The third-order valence-electron chi connectivity index (χ3n) is 3.90. The summed E-state index contributed by atoms with van der Waals surface area (Å²) in [6.45, 7) is 3.39. The van der Waals surface area contributed by atoms with Crippen LogP contribution in [0.15, 0.2) is 59.4 Å². The number of ether oxygens (including phenoxy) is 1. The third kappa shape index (κ3) is 3.80. The Morgan fingerprint density at radius 2 is 1.85 bits per heavy atom. The number of pyridine rings is 1. The summed E-state index contributed by atoms with van der Waals surface area (Å²) in [4.78, 5) is 39.5. The fourth-order valence-corrected chi connectivity index (χ4v) is 2.55. The first-order valence-corrected chi connectivity index (χ1v) is 8.14. The maximum Gasteiger partial charge on any atom is 0.355 e. The van der Waals surface area contributed by atoms with Crippen LogP contribution in [-0.2, 0) is 9.53 Å². The molecule has 0 saturated carbocycles. The number of esters is 1. The first-order chi connectivity index (χ1) is 12.4. The standard InChI is InChI=1S/C20H18N2O4/c1-12-6-5-7-14(10-12)21-19(24)13(2)26-20(25)17-11-18(23)15-8-3-4-9-16(15)22-17/h3-11,13H,1-2H3,(H,21,24)(H,22,23). The zero-order valence-corrected chi connectivity index (χ0v) is 14.4. The van der Waals surface area contributed by atoms with Crippen molar-refractivity contribution in [1.29, 1.82) is 0 Å². The quantitative estimate of drug-likeness (QED) is 0.708. The third-order valence-corrected chi connectivity index (χ3v) is 3.90. The molecule has 0 aliphatic rings. The number of rotatable bonds is 4. The maximum atomic E-state index is 12.3. The number of aromatic nitrogens is 1. The number of H-pyrrole nitrogens is 1. The first-order valence-electron chi connectivity index (χ1n) is 8.14. The molecule has 0 aliphatic heterocycles. The highest BCUT2D eigenvalue weighted by molar-refractivity contribution is 5.97. The van der Waals surface area contributed by atoms with Crippen molar-refractivity contribution in [1.82, 2.24) is 4.98 Å². The van der Waals surface area contributed by atoms with Crippen molar-refractivity contribution in [2.24, 2.45) is 0 Å². The first kappa shape index (κ1) is 17.4. The van der Waals surface area contributed by atoms with E-state index < -0.39 is 18.0 Å². The number of carbonyl (C=O) groups is 2. The Bertz CT molecular complexity index is 1040. The van der Waals surface area contributed by atoms with Gasteiger partial charge in [0.15, 0.2) is 11.5 Å². The second kappa shape index (κ2) is 7.23. The Hall–Kier alpha value is -3.41. The summed E-state index contributed by atoms with van der Waals surface area (Å²) in [5.41, 5.74) is 1.87. The number of anilines is 1. The van der Waals surface area contributed by atoms with Gasteiger partial charge < -0.3 is 15.0 Å². The topological polar surface area (TPSA) is 88.3 Å². The van der Waals surface area contributed by atoms with Gasteiger partial charge in [-0.25, -0.2) is 4.79 Å². The lowest BCUT2D eigenvalue weighted by Gasteiger charge is -2.14. The maximum absolute atomic E-state index is 12.3. The van der Waals surface area contributed by atoms with E-state index in [1.54, 1.807) is 30.3 Å². The number of nitrogens with one attached hydrogen (secondary N) is 2. The van der Waals surface area contributed by atoms with Gasteiger partial charge in [-0.3, -0.25) is 9.59 Å². The van der Waals surface area contributed by atoms with Crippen molar-refractivity contribution in [3.63, 3.8) is 0 Å². The van der Waals surface area contributed by atoms with Gasteiger partial charge >= 0.3 is 5.97 Å². The molecule has 0 spiro atoms. The van der Waals surface area contributed by atoms with E-state index in [4.69, 9.17) is 4.74 Å². The largest absolute Gasteiger partial charge is 0.448 e. The molecule has 132 valence electrons. The van der Waals surface area contributed by atoms with Gasteiger partial charge in [-0.1, -0.05) is 24.3 Å². The molecule has 6 heteroatoms. The second-order valence-electron chi connectivity index (χ2n) is 6.00. The van der Waals surface area contributed by atoms with Crippen LogP contribution in [0.2, 0.25) is 0 Å². The minimum absolute atomic E-state index is 0.00362. The van der Waals surface area contributed by atoms with E-state index in [2.05, 4.69) is 10.3 Å². The van der Waals surface area contributed by atoms with Crippen molar-refractivity contribution in [2.45, 2.75) is 20.0 Å². The molecule has 2 N–H and O–H groups in total. The molecular formula is C20H18N2O4. The SMILES string of the molecule is Cc1cccc(NC(=O)C(C)OC(=O)c2cc(=O)c3ccccc3[nH]2)c1. The van der Waals surface area contributed by atoms with Gasteiger partial charge in [-0.15, -0.1) is 0 Å². The van der Waals surface area contributed by atoms with Gasteiger partial charge in [-0.2, -0.15) is 0 Å². The molecule has 2 aromatic carbocycles. The molecule has 3 aromatic rings. The van der Waals surface area contributed by atoms with Crippen molar-refractivity contribution < 1.29 is 14.3 Å². The van der Waals surface area contributed by atoms with Crippen LogP contribution in [0.5, 0.6) is 0 Å². The number of benzene rings is 2. The minimum Gasteiger partial charge on any atom is -0.448 e. The van der Waals surface area contributed by atoms with E-state index in [-0.39, 0.29) is 11.1 Å². The number of para-hydroxylation sites is 1. The number of fused-ring (bicyclic) bond motifs is 1. The van der Waals surface area contributed by atoms with Crippen LogP contribution in [0.1, 0.15) is 23.0 Å². The highest BCUT2D eigenvalue weighted by Gasteiger charge is 2.20. The van der Waals surface area contributed by atoms with E-state index in [1.807, 2.05) is 25.1 Å². The predicted octanol–water partition coefficient (Wildman–Crippen LogP) is 3.02. The molecule has 0 aliphatic carbocycles. The summed E-state index contributed by atoms with van der Waals surface area (Å²) in [5.74, 6) is -1.22. The summed E-state index contributed by atoms with van der Waals surface area (Å²) >= 11 is 0. The van der Waals surface area contributed by atoms with Crippen LogP contribution in [0, 0.1) is 6.92 Å². The van der Waals surface area contributed by atoms with E-state index in [0.717, 1.165) is 5.56 Å². The molecular weight excluding hydrogens is 332 g/mol. The van der Waals surface area contributed by atoms with Gasteiger partial charge in [-0.05, 0) is 43.7 Å². The highest BCUT2D eigenvalue weighted by Crippen LogP contribution is 2.12. The van der Waals surface area contributed by atoms with Gasteiger partial charge in [0.1, 0.15) is 5.69 Å². The normalized spacial score (nSPS) is 11.8. The van der Waals surface area contributed by atoms with Gasteiger partial charge in [0.2, 0.25) is 0 Å². The summed E-state index contributed by atoms with van der Waals surface area (Å²) < 4.78 is 5.18. The lowest BCUT2D eigenvalue weighted by Crippen LogP contribution is -2.30. The number of aromatic amines is 1. The molecule has 0 saturated heterocycles. The molecule has 1 aromatic heterocycles. The predicted molar refractivity (Wildman–Crippen MR) is 99.3 cm³/mol. The second-order valence-corrected chi connectivity index (χ2v) is 6.00. The highest BCUT2D eigenvalue weighted by atomic mass is 16.5. The minimum atomic E-state index is -1.02. The number of aryl methyl sites for hydroxylation is 1. The Balaban J connectivity index is 1.73. The average Bonchev–Trinajstić information content (AvgIpc) is 2.61. The Labute approximate surface area is 149 Å². The Morgan fingerprint density at radius 3 is 2.62 bits per heavy atom. The lowest BCUT2D eigenvalue weighted by molar-refractivity contribution is -0.123. The van der Waals surface area contributed by atoms with E-state index in [9.17, 15) is 14.4 Å². The van der Waals surface area contributed by atoms with E-state index >= 15 is 0 Å². The summed E-state index contributed by atoms with van der Waals surface area (Å²) in [6.07, 6.45) is -1.02. The molecule has 0 fully saturated rings. The van der Waals surface area contributed by atoms with Crippen LogP contribution in [-0.4, -0.2) is 23.0 Å². The zero-order chi connectivity index (χ0) is 18.7. The molecule has 1 heterocycles. The monoisotopic (exact) mass is 350 g/mol. The molecule has 0 radical (unpaired) electrons. The molecule has 1 unspecified atom stereocenters. The average molecular weight is 350 g/mol. The molecule has 26 heavy (non-hydrogen) atoms. The smallest absolute Gasteiger partial charge is 0.355 e. The fraction of sp³-hybridized carbons (Fsp3) is 0.150. The van der Waals surface area contributed by atoms with Crippen LogP contribution in [0.4, 0.5) is 5.69 Å². The number of amides is 1. The van der Waals surface area contributed by atoms with Gasteiger partial charge in [0.25, 0.3) is 5.91 Å². The van der Waals surface area contributed by atoms with Gasteiger partial charge in [0, 0.05) is 22.7 Å². The van der Waals surface area contributed by atoms with Crippen molar-refractivity contribution in [2.75, 3.05) is 5.32 Å². The van der Waals surface area contributed by atoms with Crippen LogP contribution in [0.3, 0.4) is 0 Å². The number of carbonyl (C=O) groups excluding carboxylic acids is 2. The number of hydrogen-bond acceptors (Lipinski definition) is 4. The van der Waals surface area contributed by atoms with Crippen molar-refractivity contribution in [3.8, 4) is 0 Å². The summed E-state index contributed by atoms with van der Waals surface area (Å²) in [6, 6.07) is 15.3. The van der Waals surface area contributed by atoms with E-state index in [0.29, 0.717) is 16.6 Å². The Kier molecular flexibility index (Phi) is 4.84. The molecule has 1 atom stereocenters. The molecule has 0 bridgehead atoms. The summed E-state index contributed by atoms with van der Waals surface area (Å²) in [7, 11) is 0. The van der Waals surface area contributed by atoms with Crippen LogP contribution >= 0.6 is 0 Å². The van der Waals surface area contributed by atoms with Crippen LogP contribution < -0.4 is 10.7 Å². The molecule has 3 rings (SSSR count). The zero-order valence-electron chi connectivity index (χ0n) is 14.4. The molecule has 1 amide bonds.